The second-order valence-corrected chi connectivity index (χ2v) is 5.25. The lowest BCUT2D eigenvalue weighted by molar-refractivity contribution is 1.02. The third-order valence-corrected chi connectivity index (χ3v) is 3.68. The normalized spacial score (nSPS) is 10.9. The number of fused-ring (bicyclic) bond motifs is 1. The van der Waals surface area contributed by atoms with Gasteiger partial charge in [-0.05, 0) is 49.2 Å². The highest BCUT2D eigenvalue weighted by atomic mass is 32.1. The summed E-state index contributed by atoms with van der Waals surface area (Å²) in [5.41, 5.74) is 10.8. The smallest absolute Gasteiger partial charge is 0.138 e. The fraction of sp³-hybridized carbons (Fsp3) is 0.133. The van der Waals surface area contributed by atoms with Crippen molar-refractivity contribution in [2.75, 3.05) is 0 Å². The number of imidazole rings is 1. The fourth-order valence-corrected chi connectivity index (χ4v) is 2.24. The van der Waals surface area contributed by atoms with Gasteiger partial charge in [0.2, 0.25) is 0 Å². The first-order chi connectivity index (χ1) is 9.56. The molecule has 0 atom stereocenters. The van der Waals surface area contributed by atoms with E-state index >= 15 is 0 Å². The molecule has 0 aliphatic rings. The predicted octanol–water partition coefficient (Wildman–Crippen LogP) is 2.67. The summed E-state index contributed by atoms with van der Waals surface area (Å²) in [6, 6.07) is 7.98. The molecule has 3 aromatic rings. The van der Waals surface area contributed by atoms with Gasteiger partial charge in [0.1, 0.15) is 17.1 Å². The van der Waals surface area contributed by atoms with Crippen molar-refractivity contribution in [2.24, 2.45) is 5.73 Å². The third kappa shape index (κ3) is 2.06. The van der Waals surface area contributed by atoms with E-state index in [1.165, 1.54) is 11.1 Å². The number of pyridine rings is 1. The Bertz CT molecular complexity index is 803. The van der Waals surface area contributed by atoms with Crippen LogP contribution in [0, 0.1) is 13.8 Å². The SMILES string of the molecule is Cc1cc2ncn(-c3ccc(C(N)=S)cn3)c2cc1C. The van der Waals surface area contributed by atoms with E-state index in [-0.39, 0.29) is 0 Å². The van der Waals surface area contributed by atoms with Crippen molar-refractivity contribution in [3.8, 4) is 5.82 Å². The standard InChI is InChI=1S/C15H14N4S/c1-9-5-12-13(6-10(9)2)19(8-18-12)14-4-3-11(7-17-14)15(16)20/h3-8H,1-2H3,(H2,16,20). The van der Waals surface area contributed by atoms with Crippen molar-refractivity contribution < 1.29 is 0 Å². The van der Waals surface area contributed by atoms with Crippen LogP contribution in [0.3, 0.4) is 0 Å². The van der Waals surface area contributed by atoms with Crippen LogP contribution in [0.15, 0.2) is 36.8 Å². The summed E-state index contributed by atoms with van der Waals surface area (Å²) in [7, 11) is 0. The molecule has 1 aromatic carbocycles. The van der Waals surface area contributed by atoms with Gasteiger partial charge >= 0.3 is 0 Å². The highest BCUT2D eigenvalue weighted by Crippen LogP contribution is 2.21. The van der Waals surface area contributed by atoms with Crippen LogP contribution in [0.4, 0.5) is 0 Å². The minimum absolute atomic E-state index is 0.353. The van der Waals surface area contributed by atoms with Gasteiger partial charge in [-0.25, -0.2) is 9.97 Å². The molecule has 3 rings (SSSR count). The molecule has 0 saturated carbocycles. The number of nitrogens with two attached hydrogens (primary N) is 1. The maximum absolute atomic E-state index is 5.58. The van der Waals surface area contributed by atoms with Crippen LogP contribution in [0.1, 0.15) is 16.7 Å². The van der Waals surface area contributed by atoms with Gasteiger partial charge < -0.3 is 5.73 Å². The van der Waals surface area contributed by atoms with Crippen molar-refractivity contribution in [3.63, 3.8) is 0 Å². The number of hydrogen-bond acceptors (Lipinski definition) is 3. The number of aryl methyl sites for hydroxylation is 2. The lowest BCUT2D eigenvalue weighted by Crippen LogP contribution is -2.10. The predicted molar refractivity (Wildman–Crippen MR) is 84.2 cm³/mol. The first-order valence-electron chi connectivity index (χ1n) is 6.27. The average molecular weight is 282 g/mol. The van der Waals surface area contributed by atoms with E-state index < -0.39 is 0 Å². The van der Waals surface area contributed by atoms with Crippen LogP contribution in [0.5, 0.6) is 0 Å². The summed E-state index contributed by atoms with van der Waals surface area (Å²) < 4.78 is 1.96. The highest BCUT2D eigenvalue weighted by molar-refractivity contribution is 7.80. The van der Waals surface area contributed by atoms with Crippen molar-refractivity contribution in [1.29, 1.82) is 0 Å². The Balaban J connectivity index is 2.14. The number of rotatable bonds is 2. The Morgan fingerprint density at radius 1 is 1.15 bits per heavy atom. The molecule has 5 heteroatoms. The van der Waals surface area contributed by atoms with Crippen LogP contribution in [0.2, 0.25) is 0 Å². The van der Waals surface area contributed by atoms with E-state index in [0.717, 1.165) is 22.4 Å². The van der Waals surface area contributed by atoms with Gasteiger partial charge in [-0.2, -0.15) is 0 Å². The van der Waals surface area contributed by atoms with Crippen LogP contribution in [-0.2, 0) is 0 Å². The largest absolute Gasteiger partial charge is 0.389 e. The lowest BCUT2D eigenvalue weighted by Gasteiger charge is -2.06. The molecule has 0 unspecified atom stereocenters. The molecule has 2 N–H and O–H groups in total. The van der Waals surface area contributed by atoms with Crippen molar-refractivity contribution >= 4 is 28.2 Å². The van der Waals surface area contributed by atoms with Crippen molar-refractivity contribution in [3.05, 3.63) is 53.5 Å². The zero-order valence-electron chi connectivity index (χ0n) is 11.3. The number of nitrogens with zero attached hydrogens (tertiary/aromatic N) is 3. The van der Waals surface area contributed by atoms with E-state index in [0.29, 0.717) is 4.99 Å². The molecule has 0 aliphatic heterocycles. The second kappa shape index (κ2) is 4.68. The molecule has 0 bridgehead atoms. The summed E-state index contributed by atoms with van der Waals surface area (Å²) in [6.45, 7) is 4.18. The molecule has 100 valence electrons. The summed E-state index contributed by atoms with van der Waals surface area (Å²) in [5.74, 6) is 0.802. The summed E-state index contributed by atoms with van der Waals surface area (Å²) in [6.07, 6.45) is 3.47. The van der Waals surface area contributed by atoms with Crippen LogP contribution in [0.25, 0.3) is 16.9 Å². The molecule has 0 spiro atoms. The summed E-state index contributed by atoms with van der Waals surface area (Å²) in [4.78, 5) is 9.18. The molecule has 0 aliphatic carbocycles. The van der Waals surface area contributed by atoms with E-state index in [1.54, 1.807) is 12.5 Å². The molecule has 2 heterocycles. The number of thiocarbonyl (C=S) groups is 1. The Morgan fingerprint density at radius 2 is 1.90 bits per heavy atom. The molecule has 0 amide bonds. The second-order valence-electron chi connectivity index (χ2n) is 4.81. The Kier molecular flexibility index (Phi) is 2.99. The van der Waals surface area contributed by atoms with E-state index in [9.17, 15) is 0 Å². The maximum atomic E-state index is 5.58. The monoisotopic (exact) mass is 282 g/mol. The first kappa shape index (κ1) is 12.7. The molecule has 0 saturated heterocycles. The van der Waals surface area contributed by atoms with Crippen LogP contribution < -0.4 is 5.73 Å². The van der Waals surface area contributed by atoms with E-state index in [4.69, 9.17) is 18.0 Å². The molecule has 4 nitrogen and oxygen atoms in total. The Labute approximate surface area is 122 Å². The number of hydrogen-bond donors (Lipinski definition) is 1. The molecule has 0 radical (unpaired) electrons. The highest BCUT2D eigenvalue weighted by Gasteiger charge is 2.08. The van der Waals surface area contributed by atoms with Crippen molar-refractivity contribution in [2.45, 2.75) is 13.8 Å². The van der Waals surface area contributed by atoms with Gasteiger partial charge in [-0.15, -0.1) is 0 Å². The van der Waals surface area contributed by atoms with E-state index in [2.05, 4.69) is 35.9 Å². The van der Waals surface area contributed by atoms with E-state index in [1.807, 2.05) is 16.7 Å². The Hall–Kier alpha value is -2.27. The van der Waals surface area contributed by atoms with Gasteiger partial charge in [0, 0.05) is 11.8 Å². The van der Waals surface area contributed by atoms with Gasteiger partial charge in [0.25, 0.3) is 0 Å². The zero-order valence-corrected chi connectivity index (χ0v) is 12.1. The minimum Gasteiger partial charge on any atom is -0.389 e. The summed E-state index contributed by atoms with van der Waals surface area (Å²) >= 11 is 4.93. The minimum atomic E-state index is 0.353. The van der Waals surface area contributed by atoms with Crippen molar-refractivity contribution in [1.82, 2.24) is 14.5 Å². The maximum Gasteiger partial charge on any atom is 0.138 e. The average Bonchev–Trinajstić information content (AvgIpc) is 2.82. The lowest BCUT2D eigenvalue weighted by atomic mass is 10.1. The first-order valence-corrected chi connectivity index (χ1v) is 6.67. The van der Waals surface area contributed by atoms with Gasteiger partial charge in [-0.3, -0.25) is 4.57 Å². The third-order valence-electron chi connectivity index (χ3n) is 3.44. The van der Waals surface area contributed by atoms with Gasteiger partial charge in [0.05, 0.1) is 11.0 Å². The quantitative estimate of drug-likeness (QED) is 0.734. The molecule has 0 fully saturated rings. The van der Waals surface area contributed by atoms with Crippen LogP contribution >= 0.6 is 12.2 Å². The Morgan fingerprint density at radius 3 is 2.55 bits per heavy atom. The van der Waals surface area contributed by atoms with Gasteiger partial charge in [-0.1, -0.05) is 12.2 Å². The van der Waals surface area contributed by atoms with Crippen LogP contribution in [-0.4, -0.2) is 19.5 Å². The van der Waals surface area contributed by atoms with Gasteiger partial charge in [0.15, 0.2) is 0 Å². The summed E-state index contributed by atoms with van der Waals surface area (Å²) in [5, 5.41) is 0. The fourth-order valence-electron chi connectivity index (χ4n) is 2.12. The zero-order chi connectivity index (χ0) is 14.3. The number of benzene rings is 1. The topological polar surface area (TPSA) is 56.7 Å². The molecular weight excluding hydrogens is 268 g/mol. The molecule has 20 heavy (non-hydrogen) atoms. The number of aromatic nitrogens is 3. The molecule has 2 aromatic heterocycles. The molecular formula is C15H14N4S.